The molecule has 3 atom stereocenters. The molecule has 3 unspecified atom stereocenters. The van der Waals surface area contributed by atoms with Gasteiger partial charge in [0, 0.05) is 32.6 Å². The number of nitrogens with zero attached hydrogens (tertiary/aromatic N) is 1. The van der Waals surface area contributed by atoms with Gasteiger partial charge in [-0.05, 0) is 61.2 Å². The lowest BCUT2D eigenvalue weighted by Gasteiger charge is -2.35. The summed E-state index contributed by atoms with van der Waals surface area (Å²) < 4.78 is 0. The van der Waals surface area contributed by atoms with E-state index in [9.17, 15) is 4.79 Å². The number of rotatable bonds is 7. The van der Waals surface area contributed by atoms with Crippen LogP contribution in [0.25, 0.3) is 0 Å². The van der Waals surface area contributed by atoms with E-state index < -0.39 is 0 Å². The quantitative estimate of drug-likeness (QED) is 0.687. The predicted octanol–water partition coefficient (Wildman–Crippen LogP) is 4.01. The maximum absolute atomic E-state index is 12.0. The predicted molar refractivity (Wildman–Crippen MR) is 121 cm³/mol. The highest BCUT2D eigenvalue weighted by molar-refractivity contribution is 5.85. The lowest BCUT2D eigenvalue weighted by Crippen LogP contribution is -2.38. The van der Waals surface area contributed by atoms with Crippen LogP contribution in [-0.2, 0) is 17.9 Å². The fourth-order valence-corrected chi connectivity index (χ4v) is 4.53. The molecule has 28 heavy (non-hydrogen) atoms. The first-order valence-electron chi connectivity index (χ1n) is 10.4. The van der Waals surface area contributed by atoms with Gasteiger partial charge in [-0.3, -0.25) is 9.69 Å². The minimum absolute atomic E-state index is 0. The highest BCUT2D eigenvalue weighted by atomic mass is 35.5. The summed E-state index contributed by atoms with van der Waals surface area (Å²) in [5, 5.41) is 6.42. The maximum atomic E-state index is 12.0. The molecule has 0 spiro atoms. The molecular weight excluding hydrogens is 393 g/mol. The van der Waals surface area contributed by atoms with Crippen LogP contribution in [-0.4, -0.2) is 37.0 Å². The molecule has 6 heteroatoms. The van der Waals surface area contributed by atoms with E-state index in [1.807, 2.05) is 0 Å². The van der Waals surface area contributed by atoms with E-state index >= 15 is 0 Å². The van der Waals surface area contributed by atoms with Crippen LogP contribution in [0, 0.1) is 17.8 Å². The summed E-state index contributed by atoms with van der Waals surface area (Å²) >= 11 is 0. The van der Waals surface area contributed by atoms with Gasteiger partial charge in [-0.2, -0.15) is 0 Å². The second kappa shape index (κ2) is 12.7. The molecule has 0 saturated carbocycles. The van der Waals surface area contributed by atoms with Crippen LogP contribution in [0.5, 0.6) is 0 Å². The monoisotopic (exact) mass is 429 g/mol. The molecule has 1 amide bonds. The Bertz CT molecular complexity index is 566. The first kappa shape index (κ1) is 25.2. The molecule has 0 bridgehead atoms. The second-order valence-corrected chi connectivity index (χ2v) is 8.63. The molecule has 2 aliphatic rings. The molecule has 0 aliphatic carbocycles. The minimum Gasteiger partial charge on any atom is -0.352 e. The lowest BCUT2D eigenvalue weighted by atomic mass is 9.91. The highest BCUT2D eigenvalue weighted by Crippen LogP contribution is 2.22. The zero-order chi connectivity index (χ0) is 18.4. The van der Waals surface area contributed by atoms with Crippen molar-refractivity contribution in [2.75, 3.05) is 26.2 Å². The van der Waals surface area contributed by atoms with E-state index in [-0.39, 0.29) is 30.7 Å². The van der Waals surface area contributed by atoms with Gasteiger partial charge in [-0.1, -0.05) is 38.1 Å². The zero-order valence-electron chi connectivity index (χ0n) is 17.3. The summed E-state index contributed by atoms with van der Waals surface area (Å²) in [6, 6.07) is 8.76. The average Bonchev–Trinajstić information content (AvgIpc) is 3.12. The third-order valence-corrected chi connectivity index (χ3v) is 5.81. The van der Waals surface area contributed by atoms with Crippen LogP contribution in [0.2, 0.25) is 0 Å². The number of likely N-dealkylation sites (tertiary alicyclic amines) is 1. The molecule has 1 aromatic rings. The van der Waals surface area contributed by atoms with Crippen molar-refractivity contribution in [1.82, 2.24) is 15.5 Å². The zero-order valence-corrected chi connectivity index (χ0v) is 18.9. The molecule has 0 aromatic heterocycles. The van der Waals surface area contributed by atoms with Crippen LogP contribution in [0.3, 0.4) is 0 Å². The topological polar surface area (TPSA) is 44.4 Å². The van der Waals surface area contributed by atoms with E-state index in [0.29, 0.717) is 18.9 Å². The summed E-state index contributed by atoms with van der Waals surface area (Å²) in [6.07, 6.45) is 4.22. The normalized spacial score (nSPS) is 24.9. The van der Waals surface area contributed by atoms with Gasteiger partial charge in [0.25, 0.3) is 0 Å². The van der Waals surface area contributed by atoms with Crippen LogP contribution in [0.4, 0.5) is 0 Å². The lowest BCUT2D eigenvalue weighted by molar-refractivity contribution is -0.121. The summed E-state index contributed by atoms with van der Waals surface area (Å²) in [7, 11) is 0. The number of piperidine rings is 1. The van der Waals surface area contributed by atoms with Gasteiger partial charge >= 0.3 is 0 Å². The Morgan fingerprint density at radius 1 is 1.11 bits per heavy atom. The molecule has 2 saturated heterocycles. The van der Waals surface area contributed by atoms with E-state index in [1.165, 1.54) is 37.1 Å². The SMILES string of the molecule is CC1CC(C)CN(Cc2ccc(CNC(=O)CCC3CCNC3)cc2)C1.Cl.Cl. The van der Waals surface area contributed by atoms with Crippen molar-refractivity contribution in [2.24, 2.45) is 17.8 Å². The Morgan fingerprint density at radius 3 is 2.36 bits per heavy atom. The van der Waals surface area contributed by atoms with E-state index in [2.05, 4.69) is 53.6 Å². The largest absolute Gasteiger partial charge is 0.352 e. The molecular formula is C22H37Cl2N3O. The highest BCUT2D eigenvalue weighted by Gasteiger charge is 2.21. The Labute approximate surface area is 183 Å². The summed E-state index contributed by atoms with van der Waals surface area (Å²) in [5.74, 6) is 2.46. The minimum atomic E-state index is 0. The molecule has 3 rings (SSSR count). The maximum Gasteiger partial charge on any atom is 0.220 e. The van der Waals surface area contributed by atoms with Gasteiger partial charge in [0.1, 0.15) is 0 Å². The smallest absolute Gasteiger partial charge is 0.220 e. The number of nitrogens with one attached hydrogen (secondary N) is 2. The van der Waals surface area contributed by atoms with Crippen molar-refractivity contribution in [3.05, 3.63) is 35.4 Å². The first-order valence-corrected chi connectivity index (χ1v) is 10.4. The standard InChI is InChI=1S/C22H35N3O.2ClH/c1-17-11-18(2)15-25(14-17)16-21-5-3-19(4-6-21)13-24-22(26)8-7-20-9-10-23-12-20;;/h3-6,17-18,20,23H,7-16H2,1-2H3,(H,24,26);2*1H. The number of hydrogen-bond acceptors (Lipinski definition) is 3. The Morgan fingerprint density at radius 2 is 1.75 bits per heavy atom. The van der Waals surface area contributed by atoms with Gasteiger partial charge in [-0.25, -0.2) is 0 Å². The molecule has 2 heterocycles. The van der Waals surface area contributed by atoms with Crippen LogP contribution in [0.15, 0.2) is 24.3 Å². The van der Waals surface area contributed by atoms with Crippen molar-refractivity contribution in [3.8, 4) is 0 Å². The first-order chi connectivity index (χ1) is 12.6. The number of halogens is 2. The van der Waals surface area contributed by atoms with Crippen molar-refractivity contribution in [3.63, 3.8) is 0 Å². The number of amides is 1. The number of carbonyl (C=O) groups is 1. The molecule has 2 fully saturated rings. The Balaban J connectivity index is 0.00000196. The summed E-state index contributed by atoms with van der Waals surface area (Å²) in [6.45, 7) is 11.0. The average molecular weight is 430 g/mol. The van der Waals surface area contributed by atoms with Crippen LogP contribution < -0.4 is 10.6 Å². The molecule has 4 nitrogen and oxygen atoms in total. The van der Waals surface area contributed by atoms with Gasteiger partial charge in [-0.15, -0.1) is 24.8 Å². The van der Waals surface area contributed by atoms with Crippen molar-refractivity contribution < 1.29 is 4.79 Å². The van der Waals surface area contributed by atoms with E-state index in [1.54, 1.807) is 0 Å². The Hall–Kier alpha value is -0.810. The van der Waals surface area contributed by atoms with Crippen molar-refractivity contribution >= 4 is 30.7 Å². The molecule has 0 radical (unpaired) electrons. The molecule has 1 aromatic carbocycles. The summed E-state index contributed by atoms with van der Waals surface area (Å²) in [5.41, 5.74) is 2.56. The molecule has 2 N–H and O–H groups in total. The van der Waals surface area contributed by atoms with Gasteiger partial charge < -0.3 is 10.6 Å². The van der Waals surface area contributed by atoms with Crippen LogP contribution >= 0.6 is 24.8 Å². The van der Waals surface area contributed by atoms with Crippen molar-refractivity contribution in [2.45, 2.75) is 52.6 Å². The third kappa shape index (κ3) is 8.28. The number of carbonyl (C=O) groups excluding carboxylic acids is 1. The number of benzene rings is 1. The van der Waals surface area contributed by atoms with Gasteiger partial charge in [0.2, 0.25) is 5.91 Å². The molecule has 2 aliphatic heterocycles. The van der Waals surface area contributed by atoms with Gasteiger partial charge in [0.15, 0.2) is 0 Å². The number of hydrogen-bond donors (Lipinski definition) is 2. The third-order valence-electron chi connectivity index (χ3n) is 5.81. The van der Waals surface area contributed by atoms with Crippen molar-refractivity contribution in [1.29, 1.82) is 0 Å². The fourth-order valence-electron chi connectivity index (χ4n) is 4.53. The molecule has 160 valence electrons. The second-order valence-electron chi connectivity index (χ2n) is 8.63. The van der Waals surface area contributed by atoms with Gasteiger partial charge in [0.05, 0.1) is 0 Å². The van der Waals surface area contributed by atoms with Crippen LogP contribution in [0.1, 0.15) is 50.7 Å². The van der Waals surface area contributed by atoms with E-state index in [4.69, 9.17) is 0 Å². The van der Waals surface area contributed by atoms with E-state index in [0.717, 1.165) is 37.9 Å². The summed E-state index contributed by atoms with van der Waals surface area (Å²) in [4.78, 5) is 14.6. The Kier molecular flexibility index (Phi) is 11.4. The fraction of sp³-hybridized carbons (Fsp3) is 0.682.